The largest absolute Gasteiger partial charge is 0.481 e. The standard InChI is InChI=1S/C20H20N2O5S/c1-13-10-14-4-2-3-5-18(14)22(13)28(26,27)17-8-6-16(7-9-17)21-12-15(20(24)25)11-19(21)23/h2-9,13,15H,10-12H2,1H3,(H,24,25)/t13-,15-/m1/s1. The first-order chi connectivity index (χ1) is 13.3. The van der Waals surface area contributed by atoms with Crippen LogP contribution in [0.5, 0.6) is 0 Å². The number of carbonyl (C=O) groups is 2. The van der Waals surface area contributed by atoms with E-state index in [4.69, 9.17) is 5.11 Å². The molecule has 0 aliphatic carbocycles. The van der Waals surface area contributed by atoms with Gasteiger partial charge in [0.25, 0.3) is 10.0 Å². The number of para-hydroxylation sites is 1. The van der Waals surface area contributed by atoms with Crippen LogP contribution in [0.3, 0.4) is 0 Å². The lowest BCUT2D eigenvalue weighted by Crippen LogP contribution is -2.35. The quantitative estimate of drug-likeness (QED) is 0.850. The summed E-state index contributed by atoms with van der Waals surface area (Å²) >= 11 is 0. The number of amides is 1. The Morgan fingerprint density at radius 3 is 2.39 bits per heavy atom. The molecule has 0 radical (unpaired) electrons. The van der Waals surface area contributed by atoms with E-state index in [0.717, 1.165) is 5.56 Å². The lowest BCUT2D eigenvalue weighted by Gasteiger charge is -2.25. The van der Waals surface area contributed by atoms with Gasteiger partial charge >= 0.3 is 5.97 Å². The van der Waals surface area contributed by atoms with E-state index >= 15 is 0 Å². The van der Waals surface area contributed by atoms with Gasteiger partial charge in [0.15, 0.2) is 0 Å². The lowest BCUT2D eigenvalue weighted by molar-refractivity contribution is -0.141. The van der Waals surface area contributed by atoms with Gasteiger partial charge in [0.2, 0.25) is 5.91 Å². The Morgan fingerprint density at radius 1 is 1.07 bits per heavy atom. The van der Waals surface area contributed by atoms with E-state index in [2.05, 4.69) is 0 Å². The predicted octanol–water partition coefficient (Wildman–Crippen LogP) is 2.26. The smallest absolute Gasteiger partial charge is 0.308 e. The van der Waals surface area contributed by atoms with Gasteiger partial charge in [-0.05, 0) is 49.2 Å². The van der Waals surface area contributed by atoms with Crippen LogP contribution in [0.1, 0.15) is 18.9 Å². The van der Waals surface area contributed by atoms with Crippen molar-refractivity contribution in [2.45, 2.75) is 30.7 Å². The van der Waals surface area contributed by atoms with Crippen molar-refractivity contribution in [1.29, 1.82) is 0 Å². The van der Waals surface area contributed by atoms with Crippen LogP contribution in [0.4, 0.5) is 11.4 Å². The maximum Gasteiger partial charge on any atom is 0.308 e. The maximum atomic E-state index is 13.2. The van der Waals surface area contributed by atoms with E-state index in [1.165, 1.54) is 21.3 Å². The summed E-state index contributed by atoms with van der Waals surface area (Å²) in [4.78, 5) is 24.8. The van der Waals surface area contributed by atoms with Crippen LogP contribution in [0.2, 0.25) is 0 Å². The van der Waals surface area contributed by atoms with Crippen LogP contribution in [-0.4, -0.2) is 38.0 Å². The van der Waals surface area contributed by atoms with E-state index in [0.29, 0.717) is 17.8 Å². The fourth-order valence-electron chi connectivity index (χ4n) is 3.94. The number of rotatable bonds is 4. The van der Waals surface area contributed by atoms with Gasteiger partial charge in [-0.2, -0.15) is 0 Å². The molecule has 2 aliphatic rings. The summed E-state index contributed by atoms with van der Waals surface area (Å²) in [6.07, 6.45) is 0.615. The third-order valence-corrected chi connectivity index (χ3v) is 7.27. The lowest BCUT2D eigenvalue weighted by atomic mass is 10.1. The van der Waals surface area contributed by atoms with Gasteiger partial charge in [-0.1, -0.05) is 18.2 Å². The minimum Gasteiger partial charge on any atom is -0.481 e. The number of hydrogen-bond acceptors (Lipinski definition) is 4. The molecule has 1 N–H and O–H groups in total. The average molecular weight is 400 g/mol. The SMILES string of the molecule is C[C@@H]1Cc2ccccc2N1S(=O)(=O)c1ccc(N2C[C@H](C(=O)O)CC2=O)cc1. The molecule has 28 heavy (non-hydrogen) atoms. The number of sulfonamides is 1. The molecule has 1 fully saturated rings. The number of hydrogen-bond donors (Lipinski definition) is 1. The van der Waals surface area contributed by atoms with Crippen molar-refractivity contribution in [2.75, 3.05) is 15.7 Å². The average Bonchev–Trinajstić information content (AvgIpc) is 3.21. The van der Waals surface area contributed by atoms with Crippen molar-refractivity contribution in [3.8, 4) is 0 Å². The molecule has 146 valence electrons. The normalized spacial score (nSPS) is 21.8. The molecule has 7 nitrogen and oxygen atoms in total. The molecule has 0 spiro atoms. The maximum absolute atomic E-state index is 13.2. The fourth-order valence-corrected chi connectivity index (χ4v) is 5.63. The number of carboxylic acids is 1. The summed E-state index contributed by atoms with van der Waals surface area (Å²) in [6.45, 7) is 1.97. The van der Waals surface area contributed by atoms with Crippen LogP contribution < -0.4 is 9.21 Å². The number of benzene rings is 2. The molecule has 8 heteroatoms. The molecule has 1 amide bonds. The van der Waals surface area contributed by atoms with E-state index in [1.54, 1.807) is 18.2 Å². The van der Waals surface area contributed by atoms with Gasteiger partial charge < -0.3 is 10.0 Å². The highest BCUT2D eigenvalue weighted by molar-refractivity contribution is 7.92. The third kappa shape index (κ3) is 2.93. The van der Waals surface area contributed by atoms with Crippen LogP contribution in [0.15, 0.2) is 53.4 Å². The summed E-state index contributed by atoms with van der Waals surface area (Å²) in [5.41, 5.74) is 2.19. The molecule has 2 aromatic rings. The molecule has 2 atom stereocenters. The molecule has 0 bridgehead atoms. The van der Waals surface area contributed by atoms with Crippen LogP contribution in [-0.2, 0) is 26.0 Å². The monoisotopic (exact) mass is 400 g/mol. The summed E-state index contributed by atoms with van der Waals surface area (Å²) < 4.78 is 27.9. The Morgan fingerprint density at radius 2 is 1.75 bits per heavy atom. The van der Waals surface area contributed by atoms with Gasteiger partial charge in [-0.25, -0.2) is 8.42 Å². The van der Waals surface area contributed by atoms with Crippen LogP contribution >= 0.6 is 0 Å². The van der Waals surface area contributed by atoms with Gasteiger partial charge in [0.05, 0.1) is 16.5 Å². The number of anilines is 2. The second-order valence-electron chi connectivity index (χ2n) is 7.22. The number of nitrogens with zero attached hydrogens (tertiary/aromatic N) is 2. The van der Waals surface area contributed by atoms with Crippen molar-refractivity contribution in [3.05, 3.63) is 54.1 Å². The van der Waals surface area contributed by atoms with Crippen LogP contribution in [0, 0.1) is 5.92 Å². The van der Waals surface area contributed by atoms with Crippen LogP contribution in [0.25, 0.3) is 0 Å². The molecule has 2 aliphatic heterocycles. The zero-order valence-electron chi connectivity index (χ0n) is 15.3. The van der Waals surface area contributed by atoms with Gasteiger partial charge in [-0.15, -0.1) is 0 Å². The van der Waals surface area contributed by atoms with Crippen molar-refractivity contribution >= 4 is 33.3 Å². The minimum absolute atomic E-state index is 0.0442. The zero-order chi connectivity index (χ0) is 20.1. The third-order valence-electron chi connectivity index (χ3n) is 5.32. The number of carbonyl (C=O) groups excluding carboxylic acids is 1. The molecule has 0 saturated carbocycles. The Bertz CT molecular complexity index is 1050. The molecular weight excluding hydrogens is 380 g/mol. The Kier molecular flexibility index (Phi) is 4.38. The second kappa shape index (κ2) is 6.63. The number of fused-ring (bicyclic) bond motifs is 1. The molecule has 2 heterocycles. The highest BCUT2D eigenvalue weighted by Gasteiger charge is 2.37. The van der Waals surface area contributed by atoms with E-state index in [-0.39, 0.29) is 29.8 Å². The zero-order valence-corrected chi connectivity index (χ0v) is 16.1. The molecular formula is C20H20N2O5S. The Balaban J connectivity index is 1.62. The molecule has 1 saturated heterocycles. The first kappa shape index (κ1) is 18.5. The van der Waals surface area contributed by atoms with Crippen molar-refractivity contribution in [2.24, 2.45) is 5.92 Å². The highest BCUT2D eigenvalue weighted by atomic mass is 32.2. The summed E-state index contributed by atoms with van der Waals surface area (Å²) in [5, 5.41) is 9.11. The second-order valence-corrected chi connectivity index (χ2v) is 9.04. The van der Waals surface area contributed by atoms with E-state index in [9.17, 15) is 18.0 Å². The summed E-state index contributed by atoms with van der Waals surface area (Å²) in [7, 11) is -3.74. The van der Waals surface area contributed by atoms with Gasteiger partial charge in [-0.3, -0.25) is 13.9 Å². The highest BCUT2D eigenvalue weighted by Crippen LogP contribution is 2.37. The number of aliphatic carboxylic acids is 1. The Hall–Kier alpha value is -2.87. The minimum atomic E-state index is -3.74. The van der Waals surface area contributed by atoms with Crippen molar-refractivity contribution in [1.82, 2.24) is 0 Å². The van der Waals surface area contributed by atoms with Gasteiger partial charge in [0, 0.05) is 24.7 Å². The molecule has 4 rings (SSSR count). The van der Waals surface area contributed by atoms with Gasteiger partial charge in [0.1, 0.15) is 0 Å². The first-order valence-corrected chi connectivity index (χ1v) is 10.5. The summed E-state index contributed by atoms with van der Waals surface area (Å²) in [5.74, 6) is -2.01. The van der Waals surface area contributed by atoms with Crippen molar-refractivity contribution < 1.29 is 23.1 Å². The fraction of sp³-hybridized carbons (Fsp3) is 0.300. The summed E-state index contributed by atoms with van der Waals surface area (Å²) in [6, 6.07) is 13.3. The van der Waals surface area contributed by atoms with E-state index in [1.807, 2.05) is 25.1 Å². The predicted molar refractivity (Wildman–Crippen MR) is 104 cm³/mol. The molecule has 0 unspecified atom stereocenters. The molecule has 0 aromatic heterocycles. The number of carboxylic acid groups (broad SMARTS) is 1. The van der Waals surface area contributed by atoms with E-state index < -0.39 is 21.9 Å². The first-order valence-electron chi connectivity index (χ1n) is 9.04. The Labute approximate surface area is 163 Å². The topological polar surface area (TPSA) is 95.0 Å². The molecule has 2 aromatic carbocycles. The van der Waals surface area contributed by atoms with Crippen molar-refractivity contribution in [3.63, 3.8) is 0 Å².